The van der Waals surface area contributed by atoms with E-state index in [0.717, 1.165) is 12.8 Å². The molecule has 0 aromatic heterocycles. The van der Waals surface area contributed by atoms with Crippen molar-refractivity contribution in [2.75, 3.05) is 6.54 Å². The second kappa shape index (κ2) is 4.25. The highest BCUT2D eigenvalue weighted by molar-refractivity contribution is 5.87. The minimum Gasteiger partial charge on any atom is -0.368 e. The highest BCUT2D eigenvalue weighted by Crippen LogP contribution is 2.16. The quantitative estimate of drug-likeness (QED) is 0.658. The summed E-state index contributed by atoms with van der Waals surface area (Å²) in [4.78, 5) is 23.9. The van der Waals surface area contributed by atoms with Crippen LogP contribution in [-0.4, -0.2) is 29.3 Å². The molecule has 1 aliphatic heterocycles. The van der Waals surface area contributed by atoms with Crippen molar-refractivity contribution in [3.63, 3.8) is 0 Å². The van der Waals surface area contributed by atoms with Gasteiger partial charge in [-0.25, -0.2) is 0 Å². The lowest BCUT2D eigenvalue weighted by Gasteiger charge is -2.33. The van der Waals surface area contributed by atoms with E-state index in [4.69, 9.17) is 5.73 Å². The fourth-order valence-electron chi connectivity index (χ4n) is 1.56. The molecule has 13 heavy (non-hydrogen) atoms. The Balaban J connectivity index is 2.67. The summed E-state index contributed by atoms with van der Waals surface area (Å²) >= 11 is 0. The van der Waals surface area contributed by atoms with Crippen LogP contribution in [0.2, 0.25) is 0 Å². The Labute approximate surface area is 78.1 Å². The number of piperidine rings is 1. The molecule has 0 saturated carbocycles. The third kappa shape index (κ3) is 2.20. The van der Waals surface area contributed by atoms with Crippen LogP contribution in [-0.2, 0) is 9.59 Å². The van der Waals surface area contributed by atoms with Crippen LogP contribution in [0.4, 0.5) is 0 Å². The maximum absolute atomic E-state index is 11.4. The summed E-state index contributed by atoms with van der Waals surface area (Å²) in [5.74, 6) is -0.429. The van der Waals surface area contributed by atoms with Crippen molar-refractivity contribution in [2.45, 2.75) is 32.2 Å². The summed E-state index contributed by atoms with van der Waals surface area (Å²) in [6.07, 6.45) is 4.04. The zero-order valence-corrected chi connectivity index (χ0v) is 7.82. The van der Waals surface area contributed by atoms with E-state index in [9.17, 15) is 9.59 Å². The number of carbonyl (C=O) groups is 2. The molecule has 0 aliphatic carbocycles. The van der Waals surface area contributed by atoms with Gasteiger partial charge < -0.3 is 10.6 Å². The first-order valence-corrected chi connectivity index (χ1v) is 4.59. The Bertz CT molecular complexity index is 216. The van der Waals surface area contributed by atoms with Crippen molar-refractivity contribution in [3.8, 4) is 0 Å². The van der Waals surface area contributed by atoms with Crippen LogP contribution >= 0.6 is 0 Å². The first kappa shape index (κ1) is 10.0. The maximum atomic E-state index is 11.4. The number of likely N-dealkylation sites (tertiary alicyclic amines) is 1. The normalized spacial score (nSPS) is 22.8. The van der Waals surface area contributed by atoms with Crippen molar-refractivity contribution >= 4 is 11.8 Å². The minimum absolute atomic E-state index is 0.000231. The lowest BCUT2D eigenvalue weighted by molar-refractivity contribution is -0.139. The average Bonchev–Trinajstić information content (AvgIpc) is 2.16. The Hall–Kier alpha value is -1.06. The zero-order chi connectivity index (χ0) is 9.84. The van der Waals surface area contributed by atoms with Crippen LogP contribution in [0.1, 0.15) is 26.2 Å². The second-order valence-electron chi connectivity index (χ2n) is 3.17. The minimum atomic E-state index is -0.485. The van der Waals surface area contributed by atoms with Crippen LogP contribution < -0.4 is 5.73 Å². The highest BCUT2D eigenvalue weighted by Gasteiger charge is 2.29. The number of rotatable bonds is 2. The topological polar surface area (TPSA) is 63.4 Å². The third-order valence-corrected chi connectivity index (χ3v) is 2.24. The molecule has 0 aromatic rings. The van der Waals surface area contributed by atoms with E-state index in [2.05, 4.69) is 0 Å². The van der Waals surface area contributed by atoms with Gasteiger partial charge >= 0.3 is 0 Å². The van der Waals surface area contributed by atoms with E-state index in [0.29, 0.717) is 13.0 Å². The van der Waals surface area contributed by atoms with Crippen molar-refractivity contribution in [3.05, 3.63) is 6.42 Å². The Morgan fingerprint density at radius 2 is 2.31 bits per heavy atom. The monoisotopic (exact) mass is 183 g/mol. The molecule has 1 unspecified atom stereocenters. The second-order valence-corrected chi connectivity index (χ2v) is 3.17. The molecule has 1 fully saturated rings. The maximum Gasteiger partial charge on any atom is 0.240 e. The van der Waals surface area contributed by atoms with Crippen LogP contribution in [0.15, 0.2) is 0 Å². The average molecular weight is 183 g/mol. The number of amides is 2. The number of hydrogen-bond donors (Lipinski definition) is 1. The lowest BCUT2D eigenvalue weighted by Crippen LogP contribution is -2.50. The van der Waals surface area contributed by atoms with Crippen LogP contribution in [0.5, 0.6) is 0 Å². The van der Waals surface area contributed by atoms with Crippen LogP contribution in [0.3, 0.4) is 0 Å². The van der Waals surface area contributed by atoms with Crippen molar-refractivity contribution < 1.29 is 9.59 Å². The molecule has 0 spiro atoms. The fourth-order valence-corrected chi connectivity index (χ4v) is 1.56. The predicted molar refractivity (Wildman–Crippen MR) is 48.5 cm³/mol. The van der Waals surface area contributed by atoms with E-state index in [-0.39, 0.29) is 5.91 Å². The van der Waals surface area contributed by atoms with Crippen molar-refractivity contribution in [2.24, 2.45) is 5.73 Å². The fraction of sp³-hybridized carbons (Fsp3) is 0.667. The molecule has 1 atom stereocenters. The van der Waals surface area contributed by atoms with Gasteiger partial charge in [0.2, 0.25) is 11.8 Å². The van der Waals surface area contributed by atoms with Gasteiger partial charge in [-0.3, -0.25) is 9.59 Å². The summed E-state index contributed by atoms with van der Waals surface area (Å²) in [5, 5.41) is 0. The molecular formula is C9H15N2O2. The van der Waals surface area contributed by atoms with Gasteiger partial charge in [0.1, 0.15) is 6.04 Å². The number of carbonyl (C=O) groups excluding carboxylic acids is 2. The smallest absolute Gasteiger partial charge is 0.240 e. The van der Waals surface area contributed by atoms with Crippen LogP contribution in [0, 0.1) is 6.42 Å². The summed E-state index contributed by atoms with van der Waals surface area (Å²) in [7, 11) is 0. The van der Waals surface area contributed by atoms with Crippen LogP contribution in [0.25, 0.3) is 0 Å². The first-order valence-electron chi connectivity index (χ1n) is 4.59. The van der Waals surface area contributed by atoms with E-state index in [1.165, 1.54) is 0 Å². The summed E-state index contributed by atoms with van der Waals surface area (Å²) in [6.45, 7) is 2.44. The van der Waals surface area contributed by atoms with Gasteiger partial charge in [-0.15, -0.1) is 0 Å². The van der Waals surface area contributed by atoms with E-state index in [1.807, 2.05) is 6.42 Å². The molecule has 4 heteroatoms. The molecule has 1 aliphatic rings. The van der Waals surface area contributed by atoms with E-state index < -0.39 is 11.9 Å². The number of nitrogens with zero attached hydrogens (tertiary/aromatic N) is 1. The summed E-state index contributed by atoms with van der Waals surface area (Å²) in [6, 6.07) is -0.485. The van der Waals surface area contributed by atoms with Gasteiger partial charge in [0, 0.05) is 13.0 Å². The Morgan fingerprint density at radius 3 is 2.85 bits per heavy atom. The third-order valence-electron chi connectivity index (χ3n) is 2.24. The molecule has 1 radical (unpaired) electrons. The Kier molecular flexibility index (Phi) is 3.28. The molecule has 73 valence electrons. The molecule has 1 heterocycles. The number of primary amides is 1. The summed E-state index contributed by atoms with van der Waals surface area (Å²) < 4.78 is 0. The molecule has 0 aromatic carbocycles. The SMILES string of the molecule is CCC(=O)N1CCC[CH]C1C(N)=O. The largest absolute Gasteiger partial charge is 0.368 e. The van der Waals surface area contributed by atoms with Gasteiger partial charge in [0.25, 0.3) is 0 Å². The van der Waals surface area contributed by atoms with Gasteiger partial charge in [0.15, 0.2) is 0 Å². The van der Waals surface area contributed by atoms with Gasteiger partial charge in [-0.05, 0) is 19.3 Å². The number of nitrogens with two attached hydrogens (primary N) is 1. The molecule has 2 N–H and O–H groups in total. The van der Waals surface area contributed by atoms with Crippen molar-refractivity contribution in [1.82, 2.24) is 4.90 Å². The molecule has 0 bridgehead atoms. The molecule has 2 amide bonds. The molecule has 1 saturated heterocycles. The van der Waals surface area contributed by atoms with E-state index in [1.54, 1.807) is 11.8 Å². The van der Waals surface area contributed by atoms with E-state index >= 15 is 0 Å². The van der Waals surface area contributed by atoms with Gasteiger partial charge in [-0.1, -0.05) is 6.92 Å². The predicted octanol–water partition coefficient (Wildman–Crippen LogP) is 0.0770. The molecule has 4 nitrogen and oxygen atoms in total. The molecule has 1 rings (SSSR count). The Morgan fingerprint density at radius 1 is 1.62 bits per heavy atom. The zero-order valence-electron chi connectivity index (χ0n) is 7.82. The number of hydrogen-bond acceptors (Lipinski definition) is 2. The summed E-state index contributed by atoms with van der Waals surface area (Å²) in [5.41, 5.74) is 5.19. The highest BCUT2D eigenvalue weighted by atomic mass is 16.2. The standard InChI is InChI=1S/C9H15N2O2/c1-2-8(12)11-6-4-3-5-7(11)9(10)13/h5,7H,2-4,6H2,1H3,(H2,10,13). The van der Waals surface area contributed by atoms with Gasteiger partial charge in [-0.2, -0.15) is 0 Å². The molecular weight excluding hydrogens is 168 g/mol. The first-order chi connectivity index (χ1) is 6.16. The van der Waals surface area contributed by atoms with Crippen molar-refractivity contribution in [1.29, 1.82) is 0 Å². The lowest BCUT2D eigenvalue weighted by atomic mass is 10.0. The van der Waals surface area contributed by atoms with Gasteiger partial charge in [0.05, 0.1) is 0 Å².